The Bertz CT molecular complexity index is 1200. The van der Waals surface area contributed by atoms with Gasteiger partial charge in [0.25, 0.3) is 0 Å². The second kappa shape index (κ2) is 10.0. The van der Waals surface area contributed by atoms with Gasteiger partial charge in [0.05, 0.1) is 26.2 Å². The van der Waals surface area contributed by atoms with E-state index in [1.165, 1.54) is 26.4 Å². The molecule has 0 saturated heterocycles. The van der Waals surface area contributed by atoms with Crippen molar-refractivity contribution in [2.24, 2.45) is 0 Å². The molecule has 11 heteroatoms. The third kappa shape index (κ3) is 5.57. The zero-order chi connectivity index (χ0) is 23.3. The van der Waals surface area contributed by atoms with Crippen LogP contribution in [0.4, 0.5) is 5.69 Å². The van der Waals surface area contributed by atoms with Gasteiger partial charge in [-0.15, -0.1) is 0 Å². The van der Waals surface area contributed by atoms with Crippen LogP contribution in [0, 0.1) is 0 Å². The van der Waals surface area contributed by atoms with Gasteiger partial charge in [-0.2, -0.15) is 10.1 Å². The molecule has 170 valence electrons. The van der Waals surface area contributed by atoms with E-state index in [1.807, 2.05) is 18.2 Å². The van der Waals surface area contributed by atoms with Gasteiger partial charge in [-0.1, -0.05) is 23.7 Å². The van der Waals surface area contributed by atoms with Crippen LogP contribution in [0.15, 0.2) is 48.7 Å². The molecule has 3 rings (SSSR count). The molecule has 0 N–H and O–H groups in total. The number of hydrogen-bond donors (Lipinski definition) is 0. The number of nitrogens with zero attached hydrogens (tertiary/aromatic N) is 4. The second-order valence-corrected chi connectivity index (χ2v) is 9.15. The van der Waals surface area contributed by atoms with Gasteiger partial charge in [0.2, 0.25) is 27.7 Å². The minimum absolute atomic E-state index is 0.0155. The lowest BCUT2D eigenvalue weighted by Crippen LogP contribution is -2.36. The van der Waals surface area contributed by atoms with Crippen molar-refractivity contribution in [2.45, 2.75) is 19.4 Å². The molecule has 3 aromatic rings. The highest BCUT2D eigenvalue weighted by molar-refractivity contribution is 7.92. The molecule has 32 heavy (non-hydrogen) atoms. The highest BCUT2D eigenvalue weighted by atomic mass is 35.5. The number of sulfonamides is 1. The maximum absolute atomic E-state index is 12.9. The van der Waals surface area contributed by atoms with E-state index in [1.54, 1.807) is 23.0 Å². The molecule has 0 fully saturated rings. The van der Waals surface area contributed by atoms with Crippen LogP contribution in [0.5, 0.6) is 11.8 Å². The van der Waals surface area contributed by atoms with E-state index in [4.69, 9.17) is 21.1 Å². The maximum Gasteiger partial charge on any atom is 0.242 e. The third-order valence-corrected chi connectivity index (χ3v) is 5.87. The molecular weight excluding hydrogens is 456 g/mol. The van der Waals surface area contributed by atoms with Gasteiger partial charge in [0, 0.05) is 35.8 Å². The standard InChI is InChI=1S/C21H23ClN4O5S/c1-30-19-11-10-18(21(23-19)31-2)26(32(3,28)29)20(27)5-4-13-25-14-12-17(24-25)15-6-8-16(22)9-7-15/h6-12,14H,4-5,13H2,1-3H3. The van der Waals surface area contributed by atoms with E-state index in [9.17, 15) is 13.2 Å². The van der Waals surface area contributed by atoms with Crippen LogP contribution in [-0.4, -0.2) is 49.6 Å². The molecule has 0 aliphatic carbocycles. The highest BCUT2D eigenvalue weighted by Gasteiger charge is 2.28. The number of aromatic nitrogens is 3. The van der Waals surface area contributed by atoms with Crippen molar-refractivity contribution in [1.82, 2.24) is 14.8 Å². The molecule has 2 heterocycles. The van der Waals surface area contributed by atoms with Gasteiger partial charge in [-0.3, -0.25) is 9.48 Å². The predicted octanol–water partition coefficient (Wildman–Crippen LogP) is 3.39. The van der Waals surface area contributed by atoms with E-state index in [0.717, 1.165) is 17.5 Å². The Morgan fingerprint density at radius 3 is 2.44 bits per heavy atom. The minimum Gasteiger partial charge on any atom is -0.481 e. The molecular formula is C21H23ClN4O5S. The lowest BCUT2D eigenvalue weighted by Gasteiger charge is -2.22. The second-order valence-electron chi connectivity index (χ2n) is 6.88. The number of amides is 1. The number of benzene rings is 1. The van der Waals surface area contributed by atoms with Crippen LogP contribution in [0.25, 0.3) is 11.3 Å². The van der Waals surface area contributed by atoms with E-state index >= 15 is 0 Å². The summed E-state index contributed by atoms with van der Waals surface area (Å²) in [6.45, 7) is 0.439. The number of halogens is 1. The van der Waals surface area contributed by atoms with Crippen molar-refractivity contribution < 1.29 is 22.7 Å². The molecule has 0 atom stereocenters. The zero-order valence-corrected chi connectivity index (χ0v) is 19.4. The number of aryl methyl sites for hydroxylation is 1. The summed E-state index contributed by atoms with van der Waals surface area (Å²) in [5.74, 6) is -0.382. The van der Waals surface area contributed by atoms with Crippen molar-refractivity contribution in [2.75, 3.05) is 24.8 Å². The maximum atomic E-state index is 12.9. The summed E-state index contributed by atoms with van der Waals surface area (Å²) in [5.41, 5.74) is 1.73. The number of anilines is 1. The van der Waals surface area contributed by atoms with Gasteiger partial charge >= 0.3 is 0 Å². The average Bonchev–Trinajstić information content (AvgIpc) is 3.22. The van der Waals surface area contributed by atoms with E-state index in [2.05, 4.69) is 10.1 Å². The molecule has 0 radical (unpaired) electrons. The first kappa shape index (κ1) is 23.6. The number of carbonyl (C=O) groups excluding carboxylic acids is 1. The van der Waals surface area contributed by atoms with Crippen LogP contribution < -0.4 is 13.8 Å². The Morgan fingerprint density at radius 1 is 1.09 bits per heavy atom. The van der Waals surface area contributed by atoms with Crippen LogP contribution in [0.1, 0.15) is 12.8 Å². The molecule has 0 aliphatic heterocycles. The first-order chi connectivity index (χ1) is 15.2. The predicted molar refractivity (Wildman–Crippen MR) is 122 cm³/mol. The number of carbonyl (C=O) groups is 1. The Hall–Kier alpha value is -3.11. The van der Waals surface area contributed by atoms with Crippen LogP contribution >= 0.6 is 11.6 Å². The van der Waals surface area contributed by atoms with Crippen LogP contribution in [0.3, 0.4) is 0 Å². The van der Waals surface area contributed by atoms with Crippen LogP contribution in [0.2, 0.25) is 5.02 Å². The number of pyridine rings is 1. The highest BCUT2D eigenvalue weighted by Crippen LogP contribution is 2.31. The lowest BCUT2D eigenvalue weighted by atomic mass is 10.2. The van der Waals surface area contributed by atoms with E-state index in [-0.39, 0.29) is 23.9 Å². The van der Waals surface area contributed by atoms with Crippen molar-refractivity contribution in [3.8, 4) is 23.0 Å². The molecule has 2 aromatic heterocycles. The summed E-state index contributed by atoms with van der Waals surface area (Å²) in [6, 6.07) is 12.1. The number of ether oxygens (including phenoxy) is 2. The Kier molecular flexibility index (Phi) is 7.37. The van der Waals surface area contributed by atoms with Gasteiger partial charge in [-0.05, 0) is 30.7 Å². The van der Waals surface area contributed by atoms with Crippen molar-refractivity contribution >= 4 is 33.2 Å². The molecule has 1 amide bonds. The number of hydrogen-bond acceptors (Lipinski definition) is 7. The number of methoxy groups -OCH3 is 2. The lowest BCUT2D eigenvalue weighted by molar-refractivity contribution is -0.117. The molecule has 0 aliphatic rings. The fourth-order valence-corrected chi connectivity index (χ4v) is 4.17. The van der Waals surface area contributed by atoms with E-state index in [0.29, 0.717) is 22.3 Å². The normalized spacial score (nSPS) is 11.2. The summed E-state index contributed by atoms with van der Waals surface area (Å²) in [5, 5.41) is 5.14. The molecule has 0 unspecified atom stereocenters. The summed E-state index contributed by atoms with van der Waals surface area (Å²) >= 11 is 5.92. The van der Waals surface area contributed by atoms with Gasteiger partial charge in [0.15, 0.2) is 0 Å². The smallest absolute Gasteiger partial charge is 0.242 e. The summed E-state index contributed by atoms with van der Waals surface area (Å²) in [7, 11) is -1.15. The fraction of sp³-hybridized carbons (Fsp3) is 0.286. The zero-order valence-electron chi connectivity index (χ0n) is 17.9. The van der Waals surface area contributed by atoms with Gasteiger partial charge < -0.3 is 9.47 Å². The summed E-state index contributed by atoms with van der Waals surface area (Å²) in [6.07, 6.45) is 3.14. The van der Waals surface area contributed by atoms with Gasteiger partial charge in [0.1, 0.15) is 5.69 Å². The topological polar surface area (TPSA) is 104 Å². The molecule has 1 aromatic carbocycles. The largest absolute Gasteiger partial charge is 0.481 e. The van der Waals surface area contributed by atoms with Crippen molar-refractivity contribution in [3.05, 3.63) is 53.7 Å². The van der Waals surface area contributed by atoms with Crippen molar-refractivity contribution in [3.63, 3.8) is 0 Å². The first-order valence-corrected chi connectivity index (χ1v) is 11.9. The van der Waals surface area contributed by atoms with Crippen molar-refractivity contribution in [1.29, 1.82) is 0 Å². The summed E-state index contributed by atoms with van der Waals surface area (Å²) in [4.78, 5) is 16.9. The first-order valence-electron chi connectivity index (χ1n) is 9.64. The molecule has 0 spiro atoms. The quantitative estimate of drug-likeness (QED) is 0.464. The monoisotopic (exact) mass is 478 g/mol. The Labute approximate surface area is 191 Å². The molecule has 0 saturated carbocycles. The Balaban J connectivity index is 1.70. The van der Waals surface area contributed by atoms with Crippen LogP contribution in [-0.2, 0) is 21.4 Å². The average molecular weight is 479 g/mol. The fourth-order valence-electron chi connectivity index (χ4n) is 3.09. The minimum atomic E-state index is -3.91. The molecule has 9 nitrogen and oxygen atoms in total. The summed E-state index contributed by atoms with van der Waals surface area (Å²) < 4.78 is 37.4. The SMILES string of the molecule is COc1ccc(N(C(=O)CCCn2ccc(-c3ccc(Cl)cc3)n2)S(C)(=O)=O)c(OC)n1. The number of rotatable bonds is 9. The molecule has 0 bridgehead atoms. The third-order valence-electron chi connectivity index (χ3n) is 4.55. The van der Waals surface area contributed by atoms with E-state index < -0.39 is 15.9 Å². The Morgan fingerprint density at radius 2 is 1.81 bits per heavy atom. The van der Waals surface area contributed by atoms with Gasteiger partial charge in [-0.25, -0.2) is 12.7 Å².